The molecule has 1 aliphatic heterocycles. The molecule has 1 aliphatic rings. The first kappa shape index (κ1) is 17.2. The van der Waals surface area contributed by atoms with Gasteiger partial charge in [0.1, 0.15) is 18.3 Å². The van der Waals surface area contributed by atoms with Crippen molar-refractivity contribution in [3.05, 3.63) is 71.4 Å². The van der Waals surface area contributed by atoms with Crippen molar-refractivity contribution in [3.8, 4) is 0 Å². The van der Waals surface area contributed by atoms with Crippen molar-refractivity contribution >= 4 is 10.9 Å². The van der Waals surface area contributed by atoms with Gasteiger partial charge in [-0.3, -0.25) is 0 Å². The summed E-state index contributed by atoms with van der Waals surface area (Å²) < 4.78 is 7.53. The molecule has 4 rings (SSSR count). The fourth-order valence-electron chi connectivity index (χ4n) is 3.64. The third-order valence-corrected chi connectivity index (χ3v) is 5.06. The molecule has 1 aromatic heterocycles. The maximum atomic E-state index is 10.4. The van der Waals surface area contributed by atoms with Crippen LogP contribution in [-0.2, 0) is 11.2 Å². The summed E-state index contributed by atoms with van der Waals surface area (Å²) in [5.74, 6) is 0. The predicted octanol–water partition coefficient (Wildman–Crippen LogP) is 2.15. The lowest BCUT2D eigenvalue weighted by Gasteiger charge is -2.36. The van der Waals surface area contributed by atoms with Gasteiger partial charge in [0.2, 0.25) is 0 Å². The van der Waals surface area contributed by atoms with E-state index < -0.39 is 24.5 Å². The van der Waals surface area contributed by atoms with Gasteiger partial charge in [-0.25, -0.2) is 0 Å². The Balaban J connectivity index is 1.78. The highest BCUT2D eigenvalue weighted by Crippen LogP contribution is 2.32. The first-order valence-electron chi connectivity index (χ1n) is 8.84. The van der Waals surface area contributed by atoms with Crippen LogP contribution in [0.4, 0.5) is 0 Å². The molecule has 0 saturated carbocycles. The van der Waals surface area contributed by atoms with Crippen molar-refractivity contribution in [3.63, 3.8) is 0 Å². The molecule has 136 valence electrons. The number of aryl methyl sites for hydroxylation is 1. The van der Waals surface area contributed by atoms with Crippen molar-refractivity contribution in [2.24, 2.45) is 0 Å². The minimum absolute atomic E-state index is 0.0115. The Hall–Kier alpha value is -2.18. The molecule has 0 spiro atoms. The van der Waals surface area contributed by atoms with Crippen molar-refractivity contribution in [2.45, 2.75) is 37.9 Å². The Bertz CT molecular complexity index is 905. The third kappa shape index (κ3) is 3.04. The van der Waals surface area contributed by atoms with Crippen molar-refractivity contribution < 1.29 is 20.1 Å². The minimum atomic E-state index is -1.23. The first-order valence-corrected chi connectivity index (χ1v) is 8.84. The number of aliphatic hydroxyl groups excluding tert-OH is 3. The Kier molecular flexibility index (Phi) is 4.54. The van der Waals surface area contributed by atoms with Gasteiger partial charge in [0.15, 0.2) is 6.23 Å². The van der Waals surface area contributed by atoms with Gasteiger partial charge in [0.25, 0.3) is 0 Å². The molecular formula is C21H23NO4. The smallest absolute Gasteiger partial charge is 0.162 e. The fourth-order valence-corrected chi connectivity index (χ4v) is 3.64. The average Bonchev–Trinajstić information content (AvgIpc) is 2.98. The highest BCUT2D eigenvalue weighted by atomic mass is 16.5. The summed E-state index contributed by atoms with van der Waals surface area (Å²) in [6.07, 6.45) is -1.48. The predicted molar refractivity (Wildman–Crippen MR) is 98.9 cm³/mol. The maximum Gasteiger partial charge on any atom is 0.162 e. The van der Waals surface area contributed by atoms with E-state index in [9.17, 15) is 15.3 Å². The molecule has 5 heteroatoms. The van der Waals surface area contributed by atoms with Gasteiger partial charge >= 0.3 is 0 Å². The summed E-state index contributed by atoms with van der Waals surface area (Å²) in [7, 11) is 0. The Morgan fingerprint density at radius 1 is 1.04 bits per heavy atom. The molecule has 3 aromatic rings. The van der Waals surface area contributed by atoms with Crippen LogP contribution < -0.4 is 0 Å². The summed E-state index contributed by atoms with van der Waals surface area (Å²) in [6, 6.07) is 16.4. The lowest BCUT2D eigenvalue weighted by Crippen LogP contribution is -2.50. The highest BCUT2D eigenvalue weighted by Gasteiger charge is 2.39. The van der Waals surface area contributed by atoms with E-state index in [1.165, 1.54) is 5.56 Å². The minimum Gasteiger partial charge on any atom is -0.388 e. The fraction of sp³-hybridized carbons (Fsp3) is 0.333. The van der Waals surface area contributed by atoms with Gasteiger partial charge < -0.3 is 24.6 Å². The van der Waals surface area contributed by atoms with Crippen molar-refractivity contribution in [2.75, 3.05) is 6.61 Å². The summed E-state index contributed by atoms with van der Waals surface area (Å²) in [5.41, 5.74) is 4.43. The summed E-state index contributed by atoms with van der Waals surface area (Å²) in [5, 5.41) is 31.3. The van der Waals surface area contributed by atoms with Crippen LogP contribution >= 0.6 is 0 Å². The zero-order valence-corrected chi connectivity index (χ0v) is 14.6. The number of fused-ring (bicyclic) bond motifs is 1. The van der Waals surface area contributed by atoms with Gasteiger partial charge in [-0.2, -0.15) is 0 Å². The van der Waals surface area contributed by atoms with Gasteiger partial charge in [-0.05, 0) is 36.6 Å². The monoisotopic (exact) mass is 353 g/mol. The second-order valence-electron chi connectivity index (χ2n) is 7.02. The Morgan fingerprint density at radius 3 is 2.58 bits per heavy atom. The van der Waals surface area contributed by atoms with Gasteiger partial charge in [-0.1, -0.05) is 42.0 Å². The molecule has 0 bridgehead atoms. The SMILES string of the molecule is Cc1ccc2c(c1)c(Cc1ccccc1)cn2[C@@H]1OC[C@@H](O)[C@H](O)[C@H]1O. The zero-order chi connectivity index (χ0) is 18.3. The van der Waals surface area contributed by atoms with Gasteiger partial charge in [0.05, 0.1) is 12.1 Å². The topological polar surface area (TPSA) is 74.9 Å². The number of hydrogen-bond donors (Lipinski definition) is 3. The molecule has 0 amide bonds. The van der Waals surface area contributed by atoms with Crippen LogP contribution in [0.3, 0.4) is 0 Å². The second kappa shape index (κ2) is 6.85. The molecule has 0 unspecified atom stereocenters. The second-order valence-corrected chi connectivity index (χ2v) is 7.02. The van der Waals surface area contributed by atoms with Gasteiger partial charge in [0, 0.05) is 11.6 Å². The third-order valence-electron chi connectivity index (χ3n) is 5.06. The standard InChI is InChI=1S/C21H23NO4/c1-13-7-8-17-16(9-13)15(10-14-5-3-2-4-6-14)11-22(17)21-20(25)19(24)18(23)12-26-21/h2-9,11,18-21,23-25H,10,12H2,1H3/t18-,19+,20-,21-/m1/s1. The number of nitrogens with zero attached hydrogens (tertiary/aromatic N) is 1. The largest absolute Gasteiger partial charge is 0.388 e. The van der Waals surface area contributed by atoms with Crippen LogP contribution in [0, 0.1) is 6.92 Å². The molecule has 1 fully saturated rings. The summed E-state index contributed by atoms with van der Waals surface area (Å²) >= 11 is 0. The molecule has 2 heterocycles. The molecule has 26 heavy (non-hydrogen) atoms. The van der Waals surface area contributed by atoms with E-state index in [0.717, 1.165) is 28.5 Å². The molecular weight excluding hydrogens is 330 g/mol. The van der Waals surface area contributed by atoms with E-state index in [4.69, 9.17) is 4.74 Å². The van der Waals surface area contributed by atoms with Crippen molar-refractivity contribution in [1.29, 1.82) is 0 Å². The number of ether oxygens (including phenoxy) is 1. The average molecular weight is 353 g/mol. The maximum absolute atomic E-state index is 10.4. The van der Waals surface area contributed by atoms with Crippen LogP contribution in [0.15, 0.2) is 54.7 Å². The van der Waals surface area contributed by atoms with E-state index in [0.29, 0.717) is 0 Å². The quantitative estimate of drug-likeness (QED) is 0.674. The van der Waals surface area contributed by atoms with Crippen LogP contribution in [-0.4, -0.2) is 44.8 Å². The van der Waals surface area contributed by atoms with E-state index in [1.807, 2.05) is 41.1 Å². The first-order chi connectivity index (χ1) is 12.5. The number of rotatable bonds is 3. The highest BCUT2D eigenvalue weighted by molar-refractivity contribution is 5.85. The zero-order valence-electron chi connectivity index (χ0n) is 14.6. The summed E-state index contributed by atoms with van der Waals surface area (Å²) in [6.45, 7) is 2.04. The van der Waals surface area contributed by atoms with E-state index >= 15 is 0 Å². The molecule has 0 aliphatic carbocycles. The van der Waals surface area contributed by atoms with Crippen LogP contribution in [0.25, 0.3) is 10.9 Å². The van der Waals surface area contributed by atoms with Crippen LogP contribution in [0.5, 0.6) is 0 Å². The van der Waals surface area contributed by atoms with E-state index in [2.05, 4.69) is 25.1 Å². The normalized spacial score (nSPS) is 26.3. The number of benzene rings is 2. The lowest BCUT2D eigenvalue weighted by molar-refractivity contribution is -0.209. The molecule has 5 nitrogen and oxygen atoms in total. The van der Waals surface area contributed by atoms with E-state index in [1.54, 1.807) is 0 Å². The summed E-state index contributed by atoms with van der Waals surface area (Å²) in [4.78, 5) is 0. The molecule has 1 saturated heterocycles. The van der Waals surface area contributed by atoms with Crippen molar-refractivity contribution in [1.82, 2.24) is 4.57 Å². The number of aromatic nitrogens is 1. The van der Waals surface area contributed by atoms with Crippen LogP contribution in [0.2, 0.25) is 0 Å². The Labute approximate surface area is 152 Å². The number of aliphatic hydroxyl groups is 3. The molecule has 3 N–H and O–H groups in total. The molecule has 4 atom stereocenters. The Morgan fingerprint density at radius 2 is 1.81 bits per heavy atom. The molecule has 2 aromatic carbocycles. The lowest BCUT2D eigenvalue weighted by atomic mass is 10.0. The molecule has 0 radical (unpaired) electrons. The number of hydrogen-bond acceptors (Lipinski definition) is 4. The van der Waals surface area contributed by atoms with E-state index in [-0.39, 0.29) is 6.61 Å². The van der Waals surface area contributed by atoms with Gasteiger partial charge in [-0.15, -0.1) is 0 Å². The van der Waals surface area contributed by atoms with Crippen LogP contribution in [0.1, 0.15) is 22.9 Å².